The standard InChI is InChI=1S/C13H20N4S/c1-2-5-10-6-3-4-9-17(10)13-15-8-7-11(16-13)12(14)18/h7-8,10H,2-6,9H2,1H3,(H2,14,18). The predicted octanol–water partition coefficient (Wildman–Crippen LogP) is 2.27. The van der Waals surface area contributed by atoms with E-state index >= 15 is 0 Å². The first kappa shape index (κ1) is 13.2. The van der Waals surface area contributed by atoms with Crippen LogP contribution in [0.5, 0.6) is 0 Å². The number of rotatable bonds is 4. The molecule has 98 valence electrons. The molecule has 1 aromatic rings. The van der Waals surface area contributed by atoms with Crippen LogP contribution in [0.15, 0.2) is 12.3 Å². The molecule has 0 saturated carbocycles. The van der Waals surface area contributed by atoms with Crippen molar-refractivity contribution < 1.29 is 0 Å². The van der Waals surface area contributed by atoms with E-state index in [9.17, 15) is 0 Å². The second-order valence-corrected chi connectivity index (χ2v) is 5.18. The van der Waals surface area contributed by atoms with Crippen LogP contribution in [0.3, 0.4) is 0 Å². The summed E-state index contributed by atoms with van der Waals surface area (Å²) in [4.78, 5) is 11.5. The van der Waals surface area contributed by atoms with Gasteiger partial charge in [-0.1, -0.05) is 25.6 Å². The highest BCUT2D eigenvalue weighted by molar-refractivity contribution is 7.80. The van der Waals surface area contributed by atoms with Crippen molar-refractivity contribution in [3.05, 3.63) is 18.0 Å². The van der Waals surface area contributed by atoms with Crippen molar-refractivity contribution in [1.82, 2.24) is 9.97 Å². The number of hydrogen-bond acceptors (Lipinski definition) is 4. The lowest BCUT2D eigenvalue weighted by atomic mass is 9.99. The van der Waals surface area contributed by atoms with Crippen LogP contribution >= 0.6 is 12.2 Å². The van der Waals surface area contributed by atoms with Gasteiger partial charge < -0.3 is 10.6 Å². The van der Waals surface area contributed by atoms with Crippen molar-refractivity contribution in [2.24, 2.45) is 5.73 Å². The Bertz CT molecular complexity index is 419. The van der Waals surface area contributed by atoms with Gasteiger partial charge in [-0.2, -0.15) is 0 Å². The topological polar surface area (TPSA) is 55.0 Å². The van der Waals surface area contributed by atoms with E-state index in [4.69, 9.17) is 18.0 Å². The normalized spacial score (nSPS) is 19.8. The zero-order valence-electron chi connectivity index (χ0n) is 10.8. The Morgan fingerprint density at radius 2 is 2.39 bits per heavy atom. The van der Waals surface area contributed by atoms with Crippen LogP contribution in [0.25, 0.3) is 0 Å². The molecule has 1 aromatic heterocycles. The molecule has 1 saturated heterocycles. The van der Waals surface area contributed by atoms with Crippen molar-refractivity contribution in [1.29, 1.82) is 0 Å². The predicted molar refractivity (Wildman–Crippen MR) is 77.8 cm³/mol. The largest absolute Gasteiger partial charge is 0.388 e. The molecule has 1 aliphatic heterocycles. The number of nitrogens with zero attached hydrogens (tertiary/aromatic N) is 3. The van der Waals surface area contributed by atoms with Gasteiger partial charge in [-0.25, -0.2) is 9.97 Å². The minimum Gasteiger partial charge on any atom is -0.388 e. The number of anilines is 1. The highest BCUT2D eigenvalue weighted by atomic mass is 32.1. The van der Waals surface area contributed by atoms with Crippen LogP contribution in [0, 0.1) is 0 Å². The highest BCUT2D eigenvalue weighted by Gasteiger charge is 2.23. The van der Waals surface area contributed by atoms with E-state index in [1.165, 1.54) is 32.1 Å². The van der Waals surface area contributed by atoms with Crippen molar-refractivity contribution in [3.8, 4) is 0 Å². The minimum absolute atomic E-state index is 0.336. The van der Waals surface area contributed by atoms with Crippen LogP contribution < -0.4 is 10.6 Å². The zero-order chi connectivity index (χ0) is 13.0. The molecule has 2 N–H and O–H groups in total. The Kier molecular flexibility index (Phi) is 4.47. The Balaban J connectivity index is 2.22. The molecule has 4 nitrogen and oxygen atoms in total. The second-order valence-electron chi connectivity index (χ2n) is 4.74. The summed E-state index contributed by atoms with van der Waals surface area (Å²) in [7, 11) is 0. The van der Waals surface area contributed by atoms with Gasteiger partial charge in [0.25, 0.3) is 0 Å². The smallest absolute Gasteiger partial charge is 0.226 e. The minimum atomic E-state index is 0.336. The van der Waals surface area contributed by atoms with Gasteiger partial charge in [0.05, 0.1) is 0 Å². The Morgan fingerprint density at radius 1 is 1.56 bits per heavy atom. The third-order valence-electron chi connectivity index (χ3n) is 3.40. The monoisotopic (exact) mass is 264 g/mol. The molecule has 0 aromatic carbocycles. The molecule has 0 aliphatic carbocycles. The van der Waals surface area contributed by atoms with Crippen molar-refractivity contribution in [2.75, 3.05) is 11.4 Å². The molecule has 0 bridgehead atoms. The summed E-state index contributed by atoms with van der Waals surface area (Å²) in [5, 5.41) is 0. The number of aromatic nitrogens is 2. The summed E-state index contributed by atoms with van der Waals surface area (Å²) in [5.41, 5.74) is 6.29. The van der Waals surface area contributed by atoms with Crippen molar-refractivity contribution in [3.63, 3.8) is 0 Å². The maximum absolute atomic E-state index is 5.63. The van der Waals surface area contributed by atoms with Crippen LogP contribution in [-0.4, -0.2) is 27.5 Å². The first-order valence-corrected chi connectivity index (χ1v) is 7.02. The average Bonchev–Trinajstić information content (AvgIpc) is 2.40. The quantitative estimate of drug-likeness (QED) is 0.845. The fraction of sp³-hybridized carbons (Fsp3) is 0.615. The number of thiocarbonyl (C=S) groups is 1. The molecule has 1 atom stereocenters. The number of hydrogen-bond donors (Lipinski definition) is 1. The zero-order valence-corrected chi connectivity index (χ0v) is 11.6. The van der Waals surface area contributed by atoms with E-state index < -0.39 is 0 Å². The van der Waals surface area contributed by atoms with Crippen molar-refractivity contribution >= 4 is 23.2 Å². The summed E-state index contributed by atoms with van der Waals surface area (Å²) in [6.07, 6.45) is 7.87. The highest BCUT2D eigenvalue weighted by Crippen LogP contribution is 2.24. The van der Waals surface area contributed by atoms with E-state index in [0.717, 1.165) is 12.5 Å². The Morgan fingerprint density at radius 3 is 3.11 bits per heavy atom. The first-order chi connectivity index (χ1) is 8.72. The van der Waals surface area contributed by atoms with Gasteiger partial charge >= 0.3 is 0 Å². The molecule has 1 aliphatic rings. The summed E-state index contributed by atoms with van der Waals surface area (Å²) in [6, 6.07) is 2.33. The third-order valence-corrected chi connectivity index (χ3v) is 3.61. The summed E-state index contributed by atoms with van der Waals surface area (Å²) < 4.78 is 0. The molecule has 1 unspecified atom stereocenters. The molecular weight excluding hydrogens is 244 g/mol. The summed E-state index contributed by atoms with van der Waals surface area (Å²) in [5.74, 6) is 0.776. The lowest BCUT2D eigenvalue weighted by Crippen LogP contribution is -2.40. The lowest BCUT2D eigenvalue weighted by Gasteiger charge is -2.35. The summed E-state index contributed by atoms with van der Waals surface area (Å²) in [6.45, 7) is 3.25. The maximum atomic E-state index is 5.63. The Labute approximate surface area is 114 Å². The lowest BCUT2D eigenvalue weighted by molar-refractivity contribution is 0.428. The average molecular weight is 264 g/mol. The second kappa shape index (κ2) is 6.09. The molecule has 0 spiro atoms. The van der Waals surface area contributed by atoms with Gasteiger partial charge in [0.15, 0.2) is 0 Å². The van der Waals surface area contributed by atoms with E-state index in [1.54, 1.807) is 12.3 Å². The van der Waals surface area contributed by atoms with Crippen LogP contribution in [-0.2, 0) is 0 Å². The first-order valence-electron chi connectivity index (χ1n) is 6.62. The van der Waals surface area contributed by atoms with E-state index in [0.29, 0.717) is 16.7 Å². The van der Waals surface area contributed by atoms with Crippen molar-refractivity contribution in [2.45, 2.75) is 45.1 Å². The van der Waals surface area contributed by atoms with Gasteiger partial charge in [-0.3, -0.25) is 0 Å². The third kappa shape index (κ3) is 2.96. The number of nitrogens with two attached hydrogens (primary N) is 1. The summed E-state index contributed by atoms with van der Waals surface area (Å²) >= 11 is 4.97. The fourth-order valence-corrected chi connectivity index (χ4v) is 2.63. The molecular formula is C13H20N4S. The van der Waals surface area contributed by atoms with Crippen LogP contribution in [0.2, 0.25) is 0 Å². The van der Waals surface area contributed by atoms with Crippen LogP contribution in [0.1, 0.15) is 44.7 Å². The van der Waals surface area contributed by atoms with Gasteiger partial charge in [0.1, 0.15) is 10.7 Å². The molecule has 0 radical (unpaired) electrons. The van der Waals surface area contributed by atoms with E-state index in [-0.39, 0.29) is 0 Å². The van der Waals surface area contributed by atoms with Gasteiger partial charge in [0, 0.05) is 18.8 Å². The molecule has 2 rings (SSSR count). The molecule has 1 fully saturated rings. The molecule has 5 heteroatoms. The molecule has 0 amide bonds. The van der Waals surface area contributed by atoms with Crippen LogP contribution in [0.4, 0.5) is 5.95 Å². The van der Waals surface area contributed by atoms with Gasteiger partial charge in [-0.05, 0) is 31.7 Å². The number of piperidine rings is 1. The van der Waals surface area contributed by atoms with Gasteiger partial charge in [0.2, 0.25) is 5.95 Å². The van der Waals surface area contributed by atoms with Gasteiger partial charge in [-0.15, -0.1) is 0 Å². The fourth-order valence-electron chi connectivity index (χ4n) is 2.52. The molecule has 18 heavy (non-hydrogen) atoms. The Hall–Kier alpha value is -1.23. The SMILES string of the molecule is CCCC1CCCCN1c1nccc(C(N)=S)n1. The van der Waals surface area contributed by atoms with E-state index in [1.807, 2.05) is 0 Å². The molecule has 2 heterocycles. The van der Waals surface area contributed by atoms with E-state index in [2.05, 4.69) is 21.8 Å². The maximum Gasteiger partial charge on any atom is 0.226 e.